The molecule has 3 aliphatic heterocycles. The van der Waals surface area contributed by atoms with Crippen molar-refractivity contribution in [1.29, 1.82) is 0 Å². The Hall–Kier alpha value is -0.470. The summed E-state index contributed by atoms with van der Waals surface area (Å²) in [7, 11) is 0. The van der Waals surface area contributed by atoms with Crippen LogP contribution in [-0.2, 0) is 0 Å². The first kappa shape index (κ1) is 12.3. The largest absolute Gasteiger partial charge is 0.383 e. The lowest BCUT2D eigenvalue weighted by Crippen LogP contribution is -2.57. The normalized spacial score (nSPS) is 33.6. The highest BCUT2D eigenvalue weighted by molar-refractivity contribution is 14.1. The second-order valence-corrected chi connectivity index (χ2v) is 6.87. The van der Waals surface area contributed by atoms with Crippen LogP contribution in [0.4, 0.5) is 5.82 Å². The maximum Gasteiger partial charge on any atom is 0.149 e. The first-order chi connectivity index (χ1) is 9.22. The van der Waals surface area contributed by atoms with Gasteiger partial charge in [0.15, 0.2) is 0 Å². The van der Waals surface area contributed by atoms with Crippen LogP contribution >= 0.6 is 22.6 Å². The molecule has 1 atom stereocenters. The number of hydrogen-bond acceptors (Lipinski definition) is 5. The molecule has 0 aromatic carbocycles. The molecule has 0 radical (unpaired) electrons. The van der Waals surface area contributed by atoms with Crippen molar-refractivity contribution in [1.82, 2.24) is 19.8 Å². The number of fused-ring (bicyclic) bond motifs is 3. The van der Waals surface area contributed by atoms with Crippen molar-refractivity contribution in [3.63, 3.8) is 0 Å². The molecular weight excluding hydrogens is 353 g/mol. The van der Waals surface area contributed by atoms with Crippen LogP contribution in [0.1, 0.15) is 36.3 Å². The molecule has 1 aromatic rings. The van der Waals surface area contributed by atoms with Crippen LogP contribution < -0.4 is 5.73 Å². The number of rotatable bonds is 2. The summed E-state index contributed by atoms with van der Waals surface area (Å²) in [6, 6.07) is 0.347. The van der Waals surface area contributed by atoms with Gasteiger partial charge in [-0.25, -0.2) is 9.97 Å². The van der Waals surface area contributed by atoms with E-state index in [-0.39, 0.29) is 0 Å². The van der Waals surface area contributed by atoms with E-state index in [4.69, 9.17) is 10.7 Å². The van der Waals surface area contributed by atoms with Crippen LogP contribution in [0.25, 0.3) is 0 Å². The summed E-state index contributed by atoms with van der Waals surface area (Å²) < 4.78 is 1.07. The van der Waals surface area contributed by atoms with E-state index in [2.05, 4.69) is 37.4 Å². The Labute approximate surface area is 126 Å². The molecule has 19 heavy (non-hydrogen) atoms. The maximum atomic E-state index is 6.10. The predicted octanol–water partition coefficient (Wildman–Crippen LogP) is 1.21. The molecule has 6 heteroatoms. The molecule has 1 aliphatic carbocycles. The van der Waals surface area contributed by atoms with Crippen molar-refractivity contribution in [3.8, 4) is 0 Å². The number of halogens is 1. The smallest absolute Gasteiger partial charge is 0.149 e. The molecular formula is C13H18IN5. The lowest BCUT2D eigenvalue weighted by molar-refractivity contribution is 0.00861. The second kappa shape index (κ2) is 4.53. The molecule has 3 saturated heterocycles. The fraction of sp³-hybridized carbons (Fsp3) is 0.692. The van der Waals surface area contributed by atoms with E-state index in [9.17, 15) is 0 Å². The Morgan fingerprint density at radius 1 is 1.11 bits per heavy atom. The van der Waals surface area contributed by atoms with Crippen LogP contribution in [-0.4, -0.2) is 52.5 Å². The number of hydrogen-bond donors (Lipinski definition) is 1. The number of aromatic nitrogens is 2. The van der Waals surface area contributed by atoms with Crippen molar-refractivity contribution in [2.24, 2.45) is 0 Å². The minimum atomic E-state index is 0.347. The Kier molecular flexibility index (Phi) is 2.93. The summed E-state index contributed by atoms with van der Waals surface area (Å²) in [6.45, 7) is 5.71. The Morgan fingerprint density at radius 2 is 1.84 bits per heavy atom. The lowest BCUT2D eigenvalue weighted by Gasteiger charge is -2.46. The molecule has 4 heterocycles. The van der Waals surface area contributed by atoms with Gasteiger partial charge in [0.05, 0.1) is 15.3 Å². The molecule has 4 fully saturated rings. The fourth-order valence-corrected chi connectivity index (χ4v) is 3.82. The summed E-state index contributed by atoms with van der Waals surface area (Å²) in [4.78, 5) is 14.5. The van der Waals surface area contributed by atoms with E-state index in [0.717, 1.165) is 29.0 Å². The van der Waals surface area contributed by atoms with Crippen LogP contribution in [0, 0.1) is 3.57 Å². The highest BCUT2D eigenvalue weighted by Gasteiger charge is 2.36. The highest BCUT2D eigenvalue weighted by Crippen LogP contribution is 2.42. The van der Waals surface area contributed by atoms with Crippen molar-refractivity contribution in [2.45, 2.75) is 24.8 Å². The molecule has 102 valence electrons. The lowest BCUT2D eigenvalue weighted by atomic mass is 10.1. The minimum Gasteiger partial charge on any atom is -0.383 e. The van der Waals surface area contributed by atoms with Gasteiger partial charge in [0.2, 0.25) is 0 Å². The molecule has 5 rings (SSSR count). The van der Waals surface area contributed by atoms with Gasteiger partial charge >= 0.3 is 0 Å². The van der Waals surface area contributed by atoms with Gasteiger partial charge in [-0.05, 0) is 35.4 Å². The van der Waals surface area contributed by atoms with Crippen molar-refractivity contribution >= 4 is 28.4 Å². The summed E-state index contributed by atoms with van der Waals surface area (Å²) >= 11 is 2.30. The van der Waals surface area contributed by atoms with E-state index < -0.39 is 0 Å². The van der Waals surface area contributed by atoms with E-state index >= 15 is 0 Å². The summed E-state index contributed by atoms with van der Waals surface area (Å²) in [5, 5.41) is 0. The quantitative estimate of drug-likeness (QED) is 0.793. The average molecular weight is 371 g/mol. The van der Waals surface area contributed by atoms with E-state index in [0.29, 0.717) is 17.8 Å². The Balaban J connectivity index is 1.71. The molecule has 4 aliphatic rings. The zero-order valence-electron chi connectivity index (χ0n) is 10.8. The highest BCUT2D eigenvalue weighted by atomic mass is 127. The molecule has 1 saturated carbocycles. The zero-order valence-corrected chi connectivity index (χ0v) is 13.0. The van der Waals surface area contributed by atoms with Gasteiger partial charge in [-0.15, -0.1) is 0 Å². The van der Waals surface area contributed by atoms with E-state index in [1.807, 2.05) is 0 Å². The van der Waals surface area contributed by atoms with Crippen LogP contribution in [0.2, 0.25) is 0 Å². The molecule has 5 nitrogen and oxygen atoms in total. The van der Waals surface area contributed by atoms with Gasteiger partial charge in [0, 0.05) is 38.6 Å². The maximum absolute atomic E-state index is 6.10. The summed E-state index contributed by atoms with van der Waals surface area (Å²) in [5.74, 6) is 2.25. The Bertz CT molecular complexity index is 508. The van der Waals surface area contributed by atoms with Crippen LogP contribution in [0.3, 0.4) is 0 Å². The van der Waals surface area contributed by atoms with Crippen molar-refractivity contribution < 1.29 is 0 Å². The minimum absolute atomic E-state index is 0.347. The van der Waals surface area contributed by atoms with Gasteiger partial charge in [-0.1, -0.05) is 0 Å². The SMILES string of the molecule is Nc1nc(C2CN3CCN2CC3)nc(C2CC2)c1I. The number of nitrogen functional groups attached to an aromatic ring is 1. The molecule has 0 amide bonds. The van der Waals surface area contributed by atoms with Crippen LogP contribution in [0.5, 0.6) is 0 Å². The number of anilines is 1. The number of nitrogens with two attached hydrogens (primary N) is 1. The standard InChI is InChI=1S/C13H18IN5/c14-10-11(8-1-2-8)16-13(17-12(10)15)9-7-18-3-5-19(9)6-4-18/h8-9H,1-7H2,(H2,15,16,17). The monoisotopic (exact) mass is 371 g/mol. The van der Waals surface area contributed by atoms with Gasteiger partial charge in [0.25, 0.3) is 0 Å². The topological polar surface area (TPSA) is 58.3 Å². The molecule has 0 spiro atoms. The fourth-order valence-electron chi connectivity index (χ4n) is 3.14. The predicted molar refractivity (Wildman–Crippen MR) is 81.9 cm³/mol. The third kappa shape index (κ3) is 2.13. The van der Waals surface area contributed by atoms with Gasteiger partial charge in [-0.2, -0.15) is 0 Å². The molecule has 2 N–H and O–H groups in total. The number of piperazine rings is 3. The van der Waals surface area contributed by atoms with E-state index in [1.165, 1.54) is 31.6 Å². The summed E-state index contributed by atoms with van der Waals surface area (Å²) in [6.07, 6.45) is 2.51. The first-order valence-corrected chi connectivity index (χ1v) is 8.09. The average Bonchev–Trinajstić information content (AvgIpc) is 3.27. The van der Waals surface area contributed by atoms with Gasteiger partial charge in [0.1, 0.15) is 11.6 Å². The zero-order chi connectivity index (χ0) is 13.0. The first-order valence-electron chi connectivity index (χ1n) is 7.01. The molecule has 1 unspecified atom stereocenters. The molecule has 1 aromatic heterocycles. The van der Waals surface area contributed by atoms with Gasteiger partial charge < -0.3 is 5.73 Å². The summed E-state index contributed by atoms with van der Waals surface area (Å²) in [5.41, 5.74) is 7.30. The van der Waals surface area contributed by atoms with E-state index in [1.54, 1.807) is 0 Å². The van der Waals surface area contributed by atoms with Crippen molar-refractivity contribution in [2.75, 3.05) is 38.5 Å². The number of nitrogens with zero attached hydrogens (tertiary/aromatic N) is 4. The van der Waals surface area contributed by atoms with Crippen LogP contribution in [0.15, 0.2) is 0 Å². The second-order valence-electron chi connectivity index (χ2n) is 5.79. The van der Waals surface area contributed by atoms with Crippen molar-refractivity contribution in [3.05, 3.63) is 15.1 Å². The Morgan fingerprint density at radius 3 is 2.42 bits per heavy atom. The van der Waals surface area contributed by atoms with Gasteiger partial charge in [-0.3, -0.25) is 9.80 Å². The third-order valence-electron chi connectivity index (χ3n) is 4.46. The molecule has 2 bridgehead atoms. The third-order valence-corrected chi connectivity index (χ3v) is 5.57.